The van der Waals surface area contributed by atoms with Gasteiger partial charge in [0.25, 0.3) is 15.9 Å². The monoisotopic (exact) mass is 531 g/mol. The van der Waals surface area contributed by atoms with Crippen LogP contribution < -0.4 is 14.8 Å². The molecular weight excluding hydrogens is 502 g/mol. The number of aryl methyl sites for hydroxylation is 2. The minimum atomic E-state index is -3.78. The average molecular weight is 532 g/mol. The van der Waals surface area contributed by atoms with Crippen LogP contribution in [0.2, 0.25) is 0 Å². The van der Waals surface area contributed by atoms with Crippen LogP contribution in [0, 0.1) is 13.8 Å². The maximum absolute atomic E-state index is 12.7. The van der Waals surface area contributed by atoms with Crippen LogP contribution in [0.25, 0.3) is 0 Å². The second kappa shape index (κ2) is 11.1. The molecule has 9 nitrogen and oxygen atoms in total. The summed E-state index contributed by atoms with van der Waals surface area (Å²) < 4.78 is 57.8. The molecule has 11 heteroatoms. The zero-order valence-electron chi connectivity index (χ0n) is 20.5. The fraction of sp³-hybridized carbons (Fsp3) is 0.240. The molecule has 0 bridgehead atoms. The molecule has 0 radical (unpaired) electrons. The van der Waals surface area contributed by atoms with Gasteiger partial charge in [0.15, 0.2) is 6.61 Å². The fourth-order valence-corrected chi connectivity index (χ4v) is 4.77. The van der Waals surface area contributed by atoms with Gasteiger partial charge in [0.05, 0.1) is 16.8 Å². The summed E-state index contributed by atoms with van der Waals surface area (Å²) in [4.78, 5) is 12.3. The molecule has 2 N–H and O–H groups in total. The Morgan fingerprint density at radius 3 is 2.14 bits per heavy atom. The van der Waals surface area contributed by atoms with E-state index in [0.717, 1.165) is 22.9 Å². The van der Waals surface area contributed by atoms with Gasteiger partial charge in [-0.25, -0.2) is 21.1 Å². The van der Waals surface area contributed by atoms with Gasteiger partial charge in [-0.1, -0.05) is 29.8 Å². The summed E-state index contributed by atoms with van der Waals surface area (Å²) in [7, 11) is -5.57. The maximum atomic E-state index is 12.7. The number of sulfonamides is 2. The van der Waals surface area contributed by atoms with E-state index in [9.17, 15) is 21.6 Å². The molecule has 0 aliphatic rings. The second-order valence-electron chi connectivity index (χ2n) is 8.45. The molecule has 0 aliphatic heterocycles. The molecule has 0 fully saturated rings. The van der Waals surface area contributed by atoms with Crippen molar-refractivity contribution in [3.8, 4) is 5.75 Å². The number of rotatable bonds is 10. The number of carbonyl (C=O) groups excluding carboxylic acids is 1. The molecule has 0 atom stereocenters. The van der Waals surface area contributed by atoms with Crippen molar-refractivity contribution >= 4 is 37.3 Å². The Labute approximate surface area is 212 Å². The second-order valence-corrected chi connectivity index (χ2v) is 12.2. The summed E-state index contributed by atoms with van der Waals surface area (Å²) in [6, 6.07) is 18.0. The normalized spacial score (nSPS) is 11.8. The van der Waals surface area contributed by atoms with Crippen LogP contribution in [0.1, 0.15) is 16.7 Å². The predicted molar refractivity (Wildman–Crippen MR) is 140 cm³/mol. The van der Waals surface area contributed by atoms with E-state index in [2.05, 4.69) is 10.0 Å². The highest BCUT2D eigenvalue weighted by Gasteiger charge is 2.16. The lowest BCUT2D eigenvalue weighted by atomic mass is 10.1. The molecule has 3 aromatic rings. The van der Waals surface area contributed by atoms with E-state index in [1.807, 2.05) is 26.0 Å². The van der Waals surface area contributed by atoms with Crippen LogP contribution >= 0.6 is 0 Å². The van der Waals surface area contributed by atoms with Crippen molar-refractivity contribution < 1.29 is 26.4 Å². The molecule has 0 aromatic heterocycles. The maximum Gasteiger partial charge on any atom is 0.262 e. The smallest absolute Gasteiger partial charge is 0.262 e. The molecule has 0 saturated carbocycles. The van der Waals surface area contributed by atoms with Crippen LogP contribution in [-0.2, 0) is 31.4 Å². The number of hydrogen-bond donors (Lipinski definition) is 2. The number of nitrogens with zero attached hydrogens (tertiary/aromatic N) is 1. The van der Waals surface area contributed by atoms with Crippen LogP contribution in [0.3, 0.4) is 0 Å². The summed E-state index contributed by atoms with van der Waals surface area (Å²) >= 11 is 0. The number of benzene rings is 3. The first-order chi connectivity index (χ1) is 16.8. The largest absolute Gasteiger partial charge is 0.484 e. The van der Waals surface area contributed by atoms with Gasteiger partial charge in [0, 0.05) is 19.3 Å². The molecule has 0 aliphatic carbocycles. The predicted octanol–water partition coefficient (Wildman–Crippen LogP) is 3.51. The Morgan fingerprint density at radius 2 is 1.56 bits per heavy atom. The standard InChI is InChI=1S/C25H29N3O6S2/c1-18-5-14-24(19(2)15-18)27-36(32,33)23-12-8-21(9-13-23)26-25(29)17-34-22-10-6-20(7-11-22)16-28(3)35(4,30)31/h5-15,27H,16-17H2,1-4H3,(H,26,29). The van der Waals surface area contributed by atoms with Gasteiger partial charge in [-0.2, -0.15) is 0 Å². The van der Waals surface area contributed by atoms with Crippen LogP contribution in [-0.4, -0.2) is 47.0 Å². The van der Waals surface area contributed by atoms with E-state index < -0.39 is 26.0 Å². The first kappa shape index (κ1) is 27.2. The Bertz CT molecular complexity index is 1440. The van der Waals surface area contributed by atoms with Gasteiger partial charge in [0.2, 0.25) is 10.0 Å². The van der Waals surface area contributed by atoms with Gasteiger partial charge in [-0.3, -0.25) is 9.52 Å². The van der Waals surface area contributed by atoms with Crippen molar-refractivity contribution in [2.45, 2.75) is 25.3 Å². The van der Waals surface area contributed by atoms with E-state index in [-0.39, 0.29) is 18.0 Å². The average Bonchev–Trinajstić information content (AvgIpc) is 2.80. The van der Waals surface area contributed by atoms with Crippen LogP contribution in [0.5, 0.6) is 5.75 Å². The lowest BCUT2D eigenvalue weighted by Gasteiger charge is -2.14. The molecular formula is C25H29N3O6S2. The molecule has 192 valence electrons. The molecule has 0 unspecified atom stereocenters. The van der Waals surface area contributed by atoms with Crippen molar-refractivity contribution in [3.05, 3.63) is 83.4 Å². The number of ether oxygens (including phenoxy) is 1. The van der Waals surface area contributed by atoms with E-state index in [0.29, 0.717) is 17.1 Å². The van der Waals surface area contributed by atoms with Gasteiger partial charge < -0.3 is 10.1 Å². The molecule has 1 amide bonds. The topological polar surface area (TPSA) is 122 Å². The summed E-state index contributed by atoms with van der Waals surface area (Å²) in [5.74, 6) is 0.0368. The molecule has 0 heterocycles. The molecule has 3 aromatic carbocycles. The third kappa shape index (κ3) is 7.54. The highest BCUT2D eigenvalue weighted by Crippen LogP contribution is 2.22. The van der Waals surface area contributed by atoms with Crippen molar-refractivity contribution in [1.29, 1.82) is 0 Å². The van der Waals surface area contributed by atoms with Gasteiger partial charge in [0.1, 0.15) is 5.75 Å². The minimum absolute atomic E-state index is 0.0679. The molecule has 0 saturated heterocycles. The highest BCUT2D eigenvalue weighted by molar-refractivity contribution is 7.92. The summed E-state index contributed by atoms with van der Waals surface area (Å²) in [5, 5.41) is 2.66. The Hall–Kier alpha value is -3.41. The number of amides is 1. The Morgan fingerprint density at radius 1 is 0.917 bits per heavy atom. The van der Waals surface area contributed by atoms with Gasteiger partial charge >= 0.3 is 0 Å². The van der Waals surface area contributed by atoms with Crippen molar-refractivity contribution in [1.82, 2.24) is 4.31 Å². The quantitative estimate of drug-likeness (QED) is 0.413. The number of anilines is 2. The van der Waals surface area contributed by atoms with Gasteiger partial charge in [-0.15, -0.1) is 0 Å². The zero-order valence-corrected chi connectivity index (χ0v) is 22.1. The van der Waals surface area contributed by atoms with E-state index in [4.69, 9.17) is 4.74 Å². The van der Waals surface area contributed by atoms with Crippen molar-refractivity contribution in [2.75, 3.05) is 29.9 Å². The Balaban J connectivity index is 1.54. The van der Waals surface area contributed by atoms with E-state index in [1.165, 1.54) is 35.6 Å². The minimum Gasteiger partial charge on any atom is -0.484 e. The summed E-state index contributed by atoms with van der Waals surface area (Å²) in [6.45, 7) is 3.74. The third-order valence-electron chi connectivity index (χ3n) is 5.34. The van der Waals surface area contributed by atoms with Crippen LogP contribution in [0.15, 0.2) is 71.6 Å². The highest BCUT2D eigenvalue weighted by atomic mass is 32.2. The number of carbonyl (C=O) groups is 1. The van der Waals surface area contributed by atoms with Gasteiger partial charge in [-0.05, 0) is 67.4 Å². The first-order valence-electron chi connectivity index (χ1n) is 11.0. The Kier molecular flexibility index (Phi) is 8.39. The number of hydrogen-bond acceptors (Lipinski definition) is 6. The third-order valence-corrected chi connectivity index (χ3v) is 7.98. The lowest BCUT2D eigenvalue weighted by Crippen LogP contribution is -2.24. The van der Waals surface area contributed by atoms with Crippen molar-refractivity contribution in [2.24, 2.45) is 0 Å². The lowest BCUT2D eigenvalue weighted by molar-refractivity contribution is -0.118. The van der Waals surface area contributed by atoms with Crippen LogP contribution in [0.4, 0.5) is 11.4 Å². The molecule has 36 heavy (non-hydrogen) atoms. The first-order valence-corrected chi connectivity index (χ1v) is 14.3. The molecule has 0 spiro atoms. The summed E-state index contributed by atoms with van der Waals surface area (Å²) in [6.07, 6.45) is 1.14. The zero-order chi connectivity index (χ0) is 26.5. The number of nitrogens with one attached hydrogen (secondary N) is 2. The SMILES string of the molecule is Cc1ccc(NS(=O)(=O)c2ccc(NC(=O)COc3ccc(CN(C)S(C)(=O)=O)cc3)cc2)c(C)c1. The molecule has 3 rings (SSSR count). The van der Waals surface area contributed by atoms with E-state index >= 15 is 0 Å². The van der Waals surface area contributed by atoms with Crippen molar-refractivity contribution in [3.63, 3.8) is 0 Å². The van der Waals surface area contributed by atoms with E-state index in [1.54, 1.807) is 30.3 Å². The fourth-order valence-electron chi connectivity index (χ4n) is 3.26. The summed E-state index contributed by atoms with van der Waals surface area (Å²) in [5.41, 5.74) is 3.56.